The predicted octanol–water partition coefficient (Wildman–Crippen LogP) is 4.52. The lowest BCUT2D eigenvalue weighted by molar-refractivity contribution is 0.340. The first-order valence-electron chi connectivity index (χ1n) is 7.46. The number of benzene rings is 2. The molecule has 24 heavy (non-hydrogen) atoms. The minimum Gasteiger partial charge on any atom is -0.494 e. The topological polar surface area (TPSA) is 72.0 Å². The molecule has 1 heterocycles. The molecule has 0 aliphatic rings. The van der Waals surface area contributed by atoms with E-state index in [1.807, 2.05) is 55.5 Å². The van der Waals surface area contributed by atoms with Gasteiger partial charge in [0.05, 0.1) is 18.5 Å². The van der Waals surface area contributed by atoms with Crippen molar-refractivity contribution in [3.63, 3.8) is 0 Å². The van der Waals surface area contributed by atoms with Crippen molar-refractivity contribution in [1.29, 1.82) is 0 Å². The van der Waals surface area contributed by atoms with E-state index >= 15 is 0 Å². The van der Waals surface area contributed by atoms with Crippen LogP contribution in [0.2, 0.25) is 0 Å². The number of nitrogens with one attached hydrogen (secondary N) is 2. The molecule has 0 saturated heterocycles. The molecular weight excluding hydrogens is 370 g/mol. The predicted molar refractivity (Wildman–Crippen MR) is 98.1 cm³/mol. The molecule has 122 valence electrons. The maximum absolute atomic E-state index is 5.42. The standard InChI is InChI=1S/C17H16BrN5O/c1-2-24-13-9-7-12(8-10-13)20-17-22-16(11-19-23-17)21-15-6-4-3-5-14(15)18/h3-11H,2H2,1H3,(H2,20,21,22,23). The fourth-order valence-corrected chi connectivity index (χ4v) is 2.43. The average molecular weight is 386 g/mol. The summed E-state index contributed by atoms with van der Waals surface area (Å²) >= 11 is 3.49. The van der Waals surface area contributed by atoms with E-state index in [1.165, 1.54) is 0 Å². The van der Waals surface area contributed by atoms with Crippen LogP contribution in [0, 0.1) is 0 Å². The van der Waals surface area contributed by atoms with Crippen molar-refractivity contribution in [2.45, 2.75) is 6.92 Å². The Morgan fingerprint density at radius 3 is 2.58 bits per heavy atom. The summed E-state index contributed by atoms with van der Waals surface area (Å²) in [5.74, 6) is 1.84. The molecule has 0 unspecified atom stereocenters. The number of rotatable bonds is 6. The first kappa shape index (κ1) is 16.2. The molecule has 0 spiro atoms. The van der Waals surface area contributed by atoms with Gasteiger partial charge in [-0.2, -0.15) is 10.1 Å². The van der Waals surface area contributed by atoms with Gasteiger partial charge in [0.1, 0.15) is 5.75 Å². The number of para-hydroxylation sites is 1. The molecule has 0 saturated carbocycles. The molecule has 0 aliphatic heterocycles. The largest absolute Gasteiger partial charge is 0.494 e. The molecule has 3 aromatic rings. The summed E-state index contributed by atoms with van der Waals surface area (Å²) in [7, 11) is 0. The zero-order valence-corrected chi connectivity index (χ0v) is 14.6. The van der Waals surface area contributed by atoms with Gasteiger partial charge in [-0.1, -0.05) is 12.1 Å². The van der Waals surface area contributed by atoms with Gasteiger partial charge < -0.3 is 15.4 Å². The van der Waals surface area contributed by atoms with Crippen molar-refractivity contribution in [2.24, 2.45) is 0 Å². The van der Waals surface area contributed by atoms with Crippen LogP contribution in [0.15, 0.2) is 59.2 Å². The molecule has 2 N–H and O–H groups in total. The third-order valence-electron chi connectivity index (χ3n) is 3.12. The van der Waals surface area contributed by atoms with E-state index in [1.54, 1.807) is 6.20 Å². The maximum Gasteiger partial charge on any atom is 0.249 e. The number of anilines is 4. The van der Waals surface area contributed by atoms with E-state index in [9.17, 15) is 0 Å². The van der Waals surface area contributed by atoms with E-state index in [-0.39, 0.29) is 0 Å². The third-order valence-corrected chi connectivity index (χ3v) is 3.81. The highest BCUT2D eigenvalue weighted by Gasteiger charge is 2.04. The Kier molecular flexibility index (Phi) is 5.22. The van der Waals surface area contributed by atoms with Crippen molar-refractivity contribution < 1.29 is 4.74 Å². The fourth-order valence-electron chi connectivity index (χ4n) is 2.05. The van der Waals surface area contributed by atoms with Crippen LogP contribution >= 0.6 is 15.9 Å². The van der Waals surface area contributed by atoms with Crippen LogP contribution < -0.4 is 15.4 Å². The van der Waals surface area contributed by atoms with Gasteiger partial charge in [0.2, 0.25) is 5.95 Å². The molecule has 0 amide bonds. The van der Waals surface area contributed by atoms with Crippen molar-refractivity contribution >= 4 is 39.1 Å². The van der Waals surface area contributed by atoms with E-state index in [4.69, 9.17) is 4.74 Å². The number of ether oxygens (including phenoxy) is 1. The maximum atomic E-state index is 5.42. The molecule has 0 atom stereocenters. The van der Waals surface area contributed by atoms with Crippen LogP contribution in [0.3, 0.4) is 0 Å². The minimum absolute atomic E-state index is 0.413. The Labute approximate surface area is 148 Å². The zero-order valence-electron chi connectivity index (χ0n) is 13.0. The zero-order chi connectivity index (χ0) is 16.8. The lowest BCUT2D eigenvalue weighted by atomic mass is 10.3. The quantitative estimate of drug-likeness (QED) is 0.649. The van der Waals surface area contributed by atoms with Crippen LogP contribution in [-0.2, 0) is 0 Å². The number of halogens is 1. The number of nitrogens with zero attached hydrogens (tertiary/aromatic N) is 3. The van der Waals surface area contributed by atoms with Gasteiger partial charge in [0, 0.05) is 10.2 Å². The highest BCUT2D eigenvalue weighted by Crippen LogP contribution is 2.24. The van der Waals surface area contributed by atoms with Crippen LogP contribution in [0.5, 0.6) is 5.75 Å². The van der Waals surface area contributed by atoms with E-state index < -0.39 is 0 Å². The second-order valence-electron chi connectivity index (χ2n) is 4.85. The van der Waals surface area contributed by atoms with Gasteiger partial charge in [-0.3, -0.25) is 0 Å². The number of hydrogen-bond acceptors (Lipinski definition) is 6. The smallest absolute Gasteiger partial charge is 0.249 e. The summed E-state index contributed by atoms with van der Waals surface area (Å²) in [4.78, 5) is 4.42. The molecule has 3 rings (SSSR count). The lowest BCUT2D eigenvalue weighted by Crippen LogP contribution is -2.02. The second-order valence-corrected chi connectivity index (χ2v) is 5.71. The van der Waals surface area contributed by atoms with E-state index in [0.29, 0.717) is 18.4 Å². The van der Waals surface area contributed by atoms with Crippen molar-refractivity contribution in [2.75, 3.05) is 17.2 Å². The molecule has 7 heteroatoms. The first-order valence-corrected chi connectivity index (χ1v) is 8.25. The second kappa shape index (κ2) is 7.74. The Bertz CT molecular complexity index is 810. The van der Waals surface area contributed by atoms with Gasteiger partial charge in [0.15, 0.2) is 5.82 Å². The van der Waals surface area contributed by atoms with Crippen molar-refractivity contribution in [3.05, 3.63) is 59.2 Å². The van der Waals surface area contributed by atoms with Crippen LogP contribution in [-0.4, -0.2) is 21.8 Å². The Morgan fingerprint density at radius 1 is 1.04 bits per heavy atom. The molecule has 0 fully saturated rings. The number of hydrogen-bond donors (Lipinski definition) is 2. The molecule has 0 aliphatic carbocycles. The third kappa shape index (κ3) is 4.20. The summed E-state index contributed by atoms with van der Waals surface area (Å²) in [6, 6.07) is 15.4. The molecule has 1 aromatic heterocycles. The molecule has 6 nitrogen and oxygen atoms in total. The highest BCUT2D eigenvalue weighted by atomic mass is 79.9. The van der Waals surface area contributed by atoms with Crippen LogP contribution in [0.4, 0.5) is 23.1 Å². The summed E-state index contributed by atoms with van der Waals surface area (Å²) in [6.07, 6.45) is 1.57. The molecular formula is C17H16BrN5O. The van der Waals surface area contributed by atoms with Gasteiger partial charge in [-0.15, -0.1) is 5.10 Å². The molecule has 0 bridgehead atoms. The minimum atomic E-state index is 0.413. The van der Waals surface area contributed by atoms with Gasteiger partial charge in [-0.25, -0.2) is 0 Å². The van der Waals surface area contributed by atoms with Gasteiger partial charge in [0.25, 0.3) is 0 Å². The monoisotopic (exact) mass is 385 g/mol. The Morgan fingerprint density at radius 2 is 1.83 bits per heavy atom. The summed E-state index contributed by atoms with van der Waals surface area (Å²) < 4.78 is 6.37. The summed E-state index contributed by atoms with van der Waals surface area (Å²) in [5.41, 5.74) is 1.77. The van der Waals surface area contributed by atoms with Crippen molar-refractivity contribution in [3.8, 4) is 5.75 Å². The van der Waals surface area contributed by atoms with Gasteiger partial charge in [-0.05, 0) is 59.3 Å². The fraction of sp³-hybridized carbons (Fsp3) is 0.118. The molecule has 0 radical (unpaired) electrons. The first-order chi connectivity index (χ1) is 11.7. The summed E-state index contributed by atoms with van der Waals surface area (Å²) in [6.45, 7) is 2.60. The highest BCUT2D eigenvalue weighted by molar-refractivity contribution is 9.10. The summed E-state index contributed by atoms with van der Waals surface area (Å²) in [5, 5.41) is 14.3. The Hall–Kier alpha value is -2.67. The normalized spacial score (nSPS) is 10.2. The van der Waals surface area contributed by atoms with E-state index in [0.717, 1.165) is 21.6 Å². The lowest BCUT2D eigenvalue weighted by Gasteiger charge is -2.09. The Balaban J connectivity index is 1.72. The van der Waals surface area contributed by atoms with Crippen LogP contribution in [0.1, 0.15) is 6.92 Å². The molecule has 2 aromatic carbocycles. The van der Waals surface area contributed by atoms with Crippen LogP contribution in [0.25, 0.3) is 0 Å². The number of aromatic nitrogens is 3. The van der Waals surface area contributed by atoms with Crippen molar-refractivity contribution in [1.82, 2.24) is 15.2 Å². The van der Waals surface area contributed by atoms with E-state index in [2.05, 4.69) is 41.7 Å². The average Bonchev–Trinajstić information content (AvgIpc) is 2.59. The van der Waals surface area contributed by atoms with Gasteiger partial charge >= 0.3 is 0 Å². The SMILES string of the molecule is CCOc1ccc(Nc2nncc(Nc3ccccc3Br)n2)cc1.